The van der Waals surface area contributed by atoms with Crippen LogP contribution < -0.4 is 10.1 Å². The number of nitrogens with one attached hydrogen (secondary N) is 1. The monoisotopic (exact) mass is 597 g/mol. The average Bonchev–Trinajstić information content (AvgIpc) is 2.98. The van der Waals surface area contributed by atoms with Crippen LogP contribution in [0.25, 0.3) is 0 Å². The highest BCUT2D eigenvalue weighted by molar-refractivity contribution is 6.42. The summed E-state index contributed by atoms with van der Waals surface area (Å²) in [6, 6.07) is 20.2. The number of likely N-dealkylation sites (N-methyl/N-ethyl adjacent to an activating group) is 1. The minimum atomic E-state index is -0.338. The summed E-state index contributed by atoms with van der Waals surface area (Å²) < 4.78 is 6.60. The molecule has 3 aromatic rings. The number of nitrogens with zero attached hydrogens (tertiary/aromatic N) is 2. The van der Waals surface area contributed by atoms with E-state index >= 15 is 0 Å². The number of carbonyl (C=O) groups is 2. The molecule has 9 heteroatoms. The van der Waals surface area contributed by atoms with E-state index in [9.17, 15) is 14.7 Å². The minimum Gasteiger partial charge on any atom is -0.488 e. The van der Waals surface area contributed by atoms with Crippen LogP contribution in [0, 0.1) is 5.92 Å². The van der Waals surface area contributed by atoms with Gasteiger partial charge in [0.2, 0.25) is 11.8 Å². The molecule has 3 atom stereocenters. The van der Waals surface area contributed by atoms with Gasteiger partial charge in [-0.2, -0.15) is 0 Å². The average molecular weight is 599 g/mol. The van der Waals surface area contributed by atoms with Crippen LogP contribution >= 0.6 is 23.2 Å². The van der Waals surface area contributed by atoms with Gasteiger partial charge in [0.1, 0.15) is 11.9 Å². The van der Waals surface area contributed by atoms with Crippen LogP contribution in [0.3, 0.4) is 0 Å². The standard InChI is InChI=1S/C32H37Cl2N3O4/c1-21-17-37(22(2)20-38)32(40)16-25-15-26(35-31(39)14-23-7-5-4-6-8-23)10-12-29(25)41-30(21)19-36(3)18-24-9-11-27(33)28(34)13-24/h4-13,15,21-22,30,38H,14,16-20H2,1-3H3,(H,35,39)/t21-,22-,30+/m1/s1. The molecule has 0 unspecified atom stereocenters. The Morgan fingerprint density at radius 3 is 2.56 bits per heavy atom. The summed E-state index contributed by atoms with van der Waals surface area (Å²) in [4.78, 5) is 30.1. The molecule has 0 spiro atoms. The van der Waals surface area contributed by atoms with Gasteiger partial charge in [-0.05, 0) is 55.4 Å². The van der Waals surface area contributed by atoms with E-state index in [1.807, 2.05) is 68.6 Å². The number of hydrogen-bond acceptors (Lipinski definition) is 5. The third-order valence-corrected chi connectivity index (χ3v) is 8.07. The highest BCUT2D eigenvalue weighted by Gasteiger charge is 2.31. The zero-order chi connectivity index (χ0) is 29.5. The predicted molar refractivity (Wildman–Crippen MR) is 164 cm³/mol. The van der Waals surface area contributed by atoms with Crippen molar-refractivity contribution in [2.45, 2.75) is 45.4 Å². The quantitative estimate of drug-likeness (QED) is 0.342. The van der Waals surface area contributed by atoms with Crippen LogP contribution in [-0.4, -0.2) is 65.6 Å². The SMILES string of the molecule is C[C@@H]1CN([C@H](C)CO)C(=O)Cc2cc(NC(=O)Cc3ccccc3)ccc2O[C@H]1CN(C)Cc1ccc(Cl)c(Cl)c1. The van der Waals surface area contributed by atoms with E-state index in [-0.39, 0.29) is 49.3 Å². The van der Waals surface area contributed by atoms with Gasteiger partial charge in [0.05, 0.1) is 35.5 Å². The lowest BCUT2D eigenvalue weighted by molar-refractivity contribution is -0.134. The second-order valence-electron chi connectivity index (χ2n) is 10.9. The molecule has 4 rings (SSSR count). The Hall–Kier alpha value is -3.10. The van der Waals surface area contributed by atoms with E-state index in [2.05, 4.69) is 17.1 Å². The number of hydrogen-bond donors (Lipinski definition) is 2. The number of aliphatic hydroxyl groups excluding tert-OH is 1. The fraction of sp³-hybridized carbons (Fsp3) is 0.375. The fourth-order valence-corrected chi connectivity index (χ4v) is 5.35. The summed E-state index contributed by atoms with van der Waals surface area (Å²) in [5.74, 6) is 0.344. The second-order valence-corrected chi connectivity index (χ2v) is 11.7. The number of carbonyl (C=O) groups excluding carboxylic acids is 2. The van der Waals surface area contributed by atoms with Gasteiger partial charge in [0.15, 0.2) is 0 Å². The van der Waals surface area contributed by atoms with Crippen molar-refractivity contribution in [3.63, 3.8) is 0 Å². The zero-order valence-corrected chi connectivity index (χ0v) is 25.2. The van der Waals surface area contributed by atoms with Crippen molar-refractivity contribution in [2.75, 3.05) is 32.1 Å². The molecule has 0 saturated carbocycles. The number of benzene rings is 3. The molecule has 1 aliphatic heterocycles. The maximum absolute atomic E-state index is 13.5. The van der Waals surface area contributed by atoms with E-state index in [0.717, 1.165) is 11.1 Å². The third kappa shape index (κ3) is 8.46. The summed E-state index contributed by atoms with van der Waals surface area (Å²) in [6.45, 7) is 5.44. The van der Waals surface area contributed by atoms with Gasteiger partial charge in [0, 0.05) is 36.8 Å². The lowest BCUT2D eigenvalue weighted by Crippen LogP contribution is -2.47. The number of halogens is 2. The summed E-state index contributed by atoms with van der Waals surface area (Å²) >= 11 is 12.3. The molecule has 7 nitrogen and oxygen atoms in total. The smallest absolute Gasteiger partial charge is 0.228 e. The fourth-order valence-electron chi connectivity index (χ4n) is 5.03. The van der Waals surface area contributed by atoms with Gasteiger partial charge in [-0.25, -0.2) is 0 Å². The van der Waals surface area contributed by atoms with Crippen LogP contribution in [0.4, 0.5) is 5.69 Å². The summed E-state index contributed by atoms with van der Waals surface area (Å²) in [5, 5.41) is 13.9. The maximum Gasteiger partial charge on any atom is 0.228 e. The lowest BCUT2D eigenvalue weighted by atomic mass is 10.0. The molecule has 0 radical (unpaired) electrons. The van der Waals surface area contributed by atoms with Crippen molar-refractivity contribution in [3.8, 4) is 5.75 Å². The molecule has 3 aromatic carbocycles. The predicted octanol–water partition coefficient (Wildman–Crippen LogP) is 5.46. The first-order chi connectivity index (χ1) is 19.6. The highest BCUT2D eigenvalue weighted by atomic mass is 35.5. The molecule has 0 fully saturated rings. The number of ether oxygens (including phenoxy) is 1. The summed E-state index contributed by atoms with van der Waals surface area (Å²) in [6.07, 6.45) is 0.0971. The molecule has 0 aliphatic carbocycles. The van der Waals surface area contributed by atoms with Gasteiger partial charge >= 0.3 is 0 Å². The Kier molecular flexibility index (Phi) is 10.7. The molecule has 1 heterocycles. The van der Waals surface area contributed by atoms with Crippen molar-refractivity contribution in [1.82, 2.24) is 9.80 Å². The Balaban J connectivity index is 1.56. The van der Waals surface area contributed by atoms with Crippen LogP contribution in [0.5, 0.6) is 5.75 Å². The van der Waals surface area contributed by atoms with Gasteiger partial charge in [-0.3, -0.25) is 14.5 Å². The summed E-state index contributed by atoms with van der Waals surface area (Å²) in [7, 11) is 2.01. The number of anilines is 1. The lowest BCUT2D eigenvalue weighted by Gasteiger charge is -2.34. The first-order valence-electron chi connectivity index (χ1n) is 13.8. The van der Waals surface area contributed by atoms with Gasteiger partial charge in [0.25, 0.3) is 0 Å². The van der Waals surface area contributed by atoms with Crippen molar-refractivity contribution in [1.29, 1.82) is 0 Å². The Labute approximate surface area is 252 Å². The molecule has 1 aliphatic rings. The van der Waals surface area contributed by atoms with Gasteiger partial charge in [-0.1, -0.05) is 66.5 Å². The highest BCUT2D eigenvalue weighted by Crippen LogP contribution is 2.30. The van der Waals surface area contributed by atoms with Crippen LogP contribution in [0.15, 0.2) is 66.7 Å². The number of rotatable bonds is 9. The van der Waals surface area contributed by atoms with E-state index in [0.29, 0.717) is 46.7 Å². The molecule has 41 heavy (non-hydrogen) atoms. The van der Waals surface area contributed by atoms with Crippen molar-refractivity contribution in [3.05, 3.63) is 93.5 Å². The number of fused-ring (bicyclic) bond motifs is 1. The van der Waals surface area contributed by atoms with Gasteiger partial charge < -0.3 is 20.1 Å². The Bertz CT molecular complexity index is 1350. The second kappa shape index (κ2) is 14.2. The van der Waals surface area contributed by atoms with Gasteiger partial charge in [-0.15, -0.1) is 0 Å². The Morgan fingerprint density at radius 1 is 1.10 bits per heavy atom. The first-order valence-corrected chi connectivity index (χ1v) is 14.5. The Morgan fingerprint density at radius 2 is 1.85 bits per heavy atom. The van der Waals surface area contributed by atoms with Crippen LogP contribution in [0.2, 0.25) is 10.0 Å². The minimum absolute atomic E-state index is 0.0274. The molecular weight excluding hydrogens is 561 g/mol. The molecule has 0 aromatic heterocycles. The van der Waals surface area contributed by atoms with E-state index in [4.69, 9.17) is 27.9 Å². The van der Waals surface area contributed by atoms with Crippen LogP contribution in [-0.2, 0) is 29.0 Å². The molecule has 218 valence electrons. The largest absolute Gasteiger partial charge is 0.488 e. The zero-order valence-electron chi connectivity index (χ0n) is 23.6. The molecular formula is C32H37Cl2N3O4. The van der Waals surface area contributed by atoms with E-state index < -0.39 is 0 Å². The third-order valence-electron chi connectivity index (χ3n) is 7.34. The number of amides is 2. The van der Waals surface area contributed by atoms with Crippen molar-refractivity contribution < 1.29 is 19.4 Å². The first kappa shape index (κ1) is 30.8. The van der Waals surface area contributed by atoms with Crippen LogP contribution in [0.1, 0.15) is 30.5 Å². The van der Waals surface area contributed by atoms with Crippen molar-refractivity contribution >= 4 is 40.7 Å². The maximum atomic E-state index is 13.5. The van der Waals surface area contributed by atoms with Crippen molar-refractivity contribution in [2.24, 2.45) is 5.92 Å². The van der Waals surface area contributed by atoms with E-state index in [1.165, 1.54) is 0 Å². The molecule has 0 bridgehead atoms. The molecule has 2 N–H and O–H groups in total. The molecule has 2 amide bonds. The summed E-state index contributed by atoms with van der Waals surface area (Å²) in [5.41, 5.74) is 3.23. The normalized spacial score (nSPS) is 18.1. The number of aliphatic hydroxyl groups is 1. The topological polar surface area (TPSA) is 82.1 Å². The van der Waals surface area contributed by atoms with E-state index in [1.54, 1.807) is 17.0 Å². The molecule has 0 saturated heterocycles.